The first-order valence-corrected chi connectivity index (χ1v) is 10.4. The Morgan fingerprint density at radius 2 is 1.83 bits per heavy atom. The van der Waals surface area contributed by atoms with Crippen molar-refractivity contribution in [2.24, 2.45) is 0 Å². The van der Waals surface area contributed by atoms with Crippen LogP contribution in [0.1, 0.15) is 5.56 Å². The first kappa shape index (κ1) is 19.2. The van der Waals surface area contributed by atoms with Crippen LogP contribution in [0.4, 0.5) is 16.3 Å². The number of methoxy groups -OCH3 is 1. The average molecular weight is 430 g/mol. The second-order valence-corrected chi connectivity index (χ2v) is 8.55. The molecule has 0 bridgehead atoms. The molecule has 29 heavy (non-hydrogen) atoms. The smallest absolute Gasteiger partial charge is 0.344 e. The van der Waals surface area contributed by atoms with E-state index in [1.807, 2.05) is 0 Å². The van der Waals surface area contributed by atoms with Crippen molar-refractivity contribution in [3.8, 4) is 5.75 Å². The highest BCUT2D eigenvalue weighted by molar-refractivity contribution is 7.90. The summed E-state index contributed by atoms with van der Waals surface area (Å²) in [5.41, 5.74) is 1.07. The van der Waals surface area contributed by atoms with Crippen LogP contribution in [0.3, 0.4) is 0 Å². The van der Waals surface area contributed by atoms with Gasteiger partial charge in [-0.15, -0.1) is 0 Å². The van der Waals surface area contributed by atoms with Crippen LogP contribution in [0.15, 0.2) is 71.8 Å². The first-order valence-electron chi connectivity index (χ1n) is 8.62. The highest BCUT2D eigenvalue weighted by Crippen LogP contribution is 2.38. The molecule has 4 rings (SSSR count). The summed E-state index contributed by atoms with van der Waals surface area (Å²) in [6, 6.07) is 15.7. The Bertz CT molecular complexity index is 1180. The zero-order valence-electron chi connectivity index (χ0n) is 15.3. The molecule has 0 spiro atoms. The molecule has 2 aromatic carbocycles. The Hall–Kier alpha value is -3.10. The number of fused-ring (bicyclic) bond motifs is 1. The van der Waals surface area contributed by atoms with Crippen molar-refractivity contribution in [3.63, 3.8) is 0 Å². The van der Waals surface area contributed by atoms with E-state index in [9.17, 15) is 13.2 Å². The maximum atomic E-state index is 13.3. The monoisotopic (exact) mass is 429 g/mol. The molecule has 1 aliphatic heterocycles. The van der Waals surface area contributed by atoms with E-state index in [0.717, 1.165) is 4.31 Å². The number of hydrogen-bond acceptors (Lipinski definition) is 5. The van der Waals surface area contributed by atoms with Crippen molar-refractivity contribution in [1.82, 2.24) is 9.29 Å². The number of aromatic nitrogens is 1. The van der Waals surface area contributed by atoms with Gasteiger partial charge in [-0.25, -0.2) is 27.4 Å². The Labute approximate surface area is 173 Å². The highest BCUT2D eigenvalue weighted by Gasteiger charge is 2.43. The number of sulfonamides is 1. The van der Waals surface area contributed by atoms with Gasteiger partial charge in [0.2, 0.25) is 0 Å². The second kappa shape index (κ2) is 7.38. The Morgan fingerprint density at radius 3 is 2.52 bits per heavy atom. The largest absolute Gasteiger partial charge is 0.497 e. The molecule has 148 valence electrons. The summed E-state index contributed by atoms with van der Waals surface area (Å²) >= 11 is 6.02. The van der Waals surface area contributed by atoms with Crippen molar-refractivity contribution < 1.29 is 17.9 Å². The summed E-state index contributed by atoms with van der Waals surface area (Å²) in [4.78, 5) is 18.7. The summed E-state index contributed by atoms with van der Waals surface area (Å²) in [6.45, 7) is -0.150. The van der Waals surface area contributed by atoms with Crippen LogP contribution in [-0.4, -0.2) is 30.8 Å². The lowest BCUT2D eigenvalue weighted by atomic mass is 10.2. The number of pyridine rings is 1. The lowest BCUT2D eigenvalue weighted by Crippen LogP contribution is -2.48. The van der Waals surface area contributed by atoms with Crippen LogP contribution < -0.4 is 9.64 Å². The first-order chi connectivity index (χ1) is 13.9. The van der Waals surface area contributed by atoms with Crippen LogP contribution in [0, 0.1) is 0 Å². The van der Waals surface area contributed by atoms with Gasteiger partial charge in [-0.1, -0.05) is 23.7 Å². The minimum atomic E-state index is -4.08. The molecular weight excluding hydrogens is 414 g/mol. The SMILES string of the molecule is COc1ccc(N2C(=O)N(Cc3cccc(Cl)c3)S(=O)(=O)c3cccnc32)cc1. The summed E-state index contributed by atoms with van der Waals surface area (Å²) in [6.07, 6.45) is 1.45. The molecule has 2 amide bonds. The molecule has 0 N–H and O–H groups in total. The number of urea groups is 1. The minimum absolute atomic E-state index is 0.0440. The van der Waals surface area contributed by atoms with E-state index in [-0.39, 0.29) is 17.3 Å². The van der Waals surface area contributed by atoms with Gasteiger partial charge in [-0.2, -0.15) is 0 Å². The van der Waals surface area contributed by atoms with Gasteiger partial charge in [0.05, 0.1) is 19.3 Å². The van der Waals surface area contributed by atoms with Crippen LogP contribution in [0.2, 0.25) is 5.02 Å². The van der Waals surface area contributed by atoms with Gasteiger partial charge >= 0.3 is 6.03 Å². The minimum Gasteiger partial charge on any atom is -0.497 e. The van der Waals surface area contributed by atoms with E-state index < -0.39 is 16.1 Å². The number of nitrogens with zero attached hydrogens (tertiary/aromatic N) is 3. The fourth-order valence-corrected chi connectivity index (χ4v) is 4.77. The summed E-state index contributed by atoms with van der Waals surface area (Å²) in [5.74, 6) is 0.674. The summed E-state index contributed by atoms with van der Waals surface area (Å²) in [5, 5.41) is 0.457. The van der Waals surface area contributed by atoms with Gasteiger partial charge in [0.25, 0.3) is 10.0 Å². The number of halogens is 1. The number of amides is 2. The Morgan fingerprint density at radius 1 is 1.07 bits per heavy atom. The predicted octanol–water partition coefficient (Wildman–Crippen LogP) is 4.21. The molecule has 0 atom stereocenters. The quantitative estimate of drug-likeness (QED) is 0.620. The third-order valence-electron chi connectivity index (χ3n) is 4.48. The maximum Gasteiger partial charge on any atom is 0.344 e. The van der Waals surface area contributed by atoms with E-state index in [2.05, 4.69) is 4.98 Å². The van der Waals surface area contributed by atoms with Crippen molar-refractivity contribution >= 4 is 39.2 Å². The van der Waals surface area contributed by atoms with Crippen LogP contribution in [0.25, 0.3) is 0 Å². The fourth-order valence-electron chi connectivity index (χ4n) is 3.09. The fraction of sp³-hybridized carbons (Fsp3) is 0.100. The standard InChI is InChI=1S/C20H16ClN3O4S/c1-28-17-9-7-16(8-10-17)24-19-18(6-3-11-22-19)29(26,27)23(20(24)25)13-14-4-2-5-15(21)12-14/h2-12H,13H2,1H3. The highest BCUT2D eigenvalue weighted by atomic mass is 35.5. The van der Waals surface area contributed by atoms with E-state index in [1.165, 1.54) is 30.3 Å². The molecule has 1 aliphatic rings. The molecule has 2 heterocycles. The Balaban J connectivity index is 1.84. The maximum absolute atomic E-state index is 13.3. The predicted molar refractivity (Wildman–Crippen MR) is 109 cm³/mol. The molecule has 0 radical (unpaired) electrons. The molecule has 0 fully saturated rings. The van der Waals surface area contributed by atoms with E-state index in [1.54, 1.807) is 48.5 Å². The lowest BCUT2D eigenvalue weighted by Gasteiger charge is -2.35. The molecule has 0 saturated heterocycles. The van der Waals surface area contributed by atoms with Crippen molar-refractivity contribution in [1.29, 1.82) is 0 Å². The average Bonchev–Trinajstić information content (AvgIpc) is 2.72. The van der Waals surface area contributed by atoms with Crippen molar-refractivity contribution in [3.05, 3.63) is 77.4 Å². The number of rotatable bonds is 4. The lowest BCUT2D eigenvalue weighted by molar-refractivity contribution is 0.229. The molecule has 1 aromatic heterocycles. The second-order valence-electron chi connectivity index (χ2n) is 6.28. The van der Waals surface area contributed by atoms with Gasteiger partial charge < -0.3 is 4.74 Å². The molecule has 0 unspecified atom stereocenters. The van der Waals surface area contributed by atoms with Crippen LogP contribution in [-0.2, 0) is 16.6 Å². The van der Waals surface area contributed by atoms with Crippen LogP contribution in [0.5, 0.6) is 5.75 Å². The normalized spacial score (nSPS) is 15.2. The summed E-state index contributed by atoms with van der Waals surface area (Å²) < 4.78 is 32.3. The molecule has 0 aliphatic carbocycles. The zero-order chi connectivity index (χ0) is 20.6. The number of ether oxygens (including phenoxy) is 1. The van der Waals surface area contributed by atoms with Gasteiger partial charge in [0.15, 0.2) is 5.82 Å². The van der Waals surface area contributed by atoms with Crippen molar-refractivity contribution in [2.45, 2.75) is 11.4 Å². The number of carbonyl (C=O) groups is 1. The van der Waals surface area contributed by atoms with E-state index in [4.69, 9.17) is 16.3 Å². The van der Waals surface area contributed by atoms with Gasteiger partial charge in [-0.05, 0) is 54.1 Å². The molecule has 7 nitrogen and oxygen atoms in total. The number of carbonyl (C=O) groups excluding carboxylic acids is 1. The topological polar surface area (TPSA) is 79.8 Å². The molecule has 9 heteroatoms. The zero-order valence-corrected chi connectivity index (χ0v) is 16.9. The molecule has 3 aromatic rings. The third kappa shape index (κ3) is 3.41. The van der Waals surface area contributed by atoms with E-state index >= 15 is 0 Å². The molecule has 0 saturated carbocycles. The number of anilines is 2. The molecular formula is C20H16ClN3O4S. The van der Waals surface area contributed by atoms with Crippen molar-refractivity contribution in [2.75, 3.05) is 12.0 Å². The Kier molecular flexibility index (Phi) is 4.89. The van der Waals surface area contributed by atoms with Gasteiger partial charge in [0.1, 0.15) is 10.6 Å². The van der Waals surface area contributed by atoms with Gasteiger partial charge in [0, 0.05) is 11.2 Å². The van der Waals surface area contributed by atoms with Gasteiger partial charge in [-0.3, -0.25) is 0 Å². The third-order valence-corrected chi connectivity index (χ3v) is 6.46. The number of hydrogen-bond donors (Lipinski definition) is 0. The number of benzene rings is 2. The summed E-state index contributed by atoms with van der Waals surface area (Å²) in [7, 11) is -2.55. The van der Waals surface area contributed by atoms with Crippen LogP contribution >= 0.6 is 11.6 Å². The van der Waals surface area contributed by atoms with E-state index in [0.29, 0.717) is 22.0 Å².